The minimum atomic E-state index is 0.294. The topological polar surface area (TPSA) is 27.0 Å². The molecule has 4 atom stereocenters. The lowest BCUT2D eigenvalue weighted by molar-refractivity contribution is 0.108. The molecule has 2 aliphatic rings. The van der Waals surface area contributed by atoms with Crippen molar-refractivity contribution in [2.45, 2.75) is 64.0 Å². The molecule has 4 unspecified atom stereocenters. The van der Waals surface area contributed by atoms with Crippen molar-refractivity contribution >= 4 is 0 Å². The molecule has 2 aliphatic carbocycles. The molecule has 0 spiro atoms. The van der Waals surface area contributed by atoms with E-state index in [-0.39, 0.29) is 0 Å². The number of hydrogen-bond donors (Lipinski definition) is 0. The van der Waals surface area contributed by atoms with Crippen molar-refractivity contribution in [3.05, 3.63) is 0 Å². The van der Waals surface area contributed by atoms with Gasteiger partial charge >= 0.3 is 0 Å². The molecule has 16 heavy (non-hydrogen) atoms. The van der Waals surface area contributed by atoms with Crippen molar-refractivity contribution in [2.75, 3.05) is 7.05 Å². The number of rotatable bonds is 2. The van der Waals surface area contributed by atoms with Crippen LogP contribution in [0.4, 0.5) is 0 Å². The van der Waals surface area contributed by atoms with Crippen molar-refractivity contribution in [3.63, 3.8) is 0 Å². The predicted octanol–water partition coefficient (Wildman–Crippen LogP) is 3.19. The Kier molecular flexibility index (Phi) is 3.86. The number of nitriles is 1. The Labute approximate surface area is 99.6 Å². The van der Waals surface area contributed by atoms with Gasteiger partial charge in [0.05, 0.1) is 12.0 Å². The van der Waals surface area contributed by atoms with E-state index in [2.05, 4.69) is 24.9 Å². The molecule has 0 aromatic carbocycles. The maximum absolute atomic E-state index is 9.16. The summed E-state index contributed by atoms with van der Waals surface area (Å²) in [7, 11) is 2.25. The van der Waals surface area contributed by atoms with Crippen LogP contribution in [0, 0.1) is 23.2 Å². The fourth-order valence-corrected chi connectivity index (χ4v) is 3.62. The van der Waals surface area contributed by atoms with Gasteiger partial charge in [0.15, 0.2) is 0 Å². The Bertz CT molecular complexity index is 268. The Hall–Kier alpha value is -0.550. The van der Waals surface area contributed by atoms with E-state index in [1.807, 2.05) is 0 Å². The summed E-state index contributed by atoms with van der Waals surface area (Å²) in [6, 6.07) is 3.78. The van der Waals surface area contributed by atoms with Crippen LogP contribution >= 0.6 is 0 Å². The van der Waals surface area contributed by atoms with Crippen molar-refractivity contribution < 1.29 is 0 Å². The van der Waals surface area contributed by atoms with Crippen LogP contribution in [0.1, 0.15) is 51.9 Å². The van der Waals surface area contributed by atoms with Crippen LogP contribution in [0.3, 0.4) is 0 Å². The molecule has 0 radical (unpaired) electrons. The standard InChI is InChI=1S/C14H24N2/c1-11-5-3-7-13(9-11)16(2)14-8-4-6-12(14)10-15/h11-14H,3-9H2,1-2H3. The molecule has 0 heterocycles. The molecule has 0 N–H and O–H groups in total. The maximum Gasteiger partial charge on any atom is 0.0672 e. The zero-order valence-corrected chi connectivity index (χ0v) is 10.7. The first kappa shape index (κ1) is 11.9. The molecule has 0 bridgehead atoms. The van der Waals surface area contributed by atoms with Gasteiger partial charge in [0, 0.05) is 12.1 Å². The summed E-state index contributed by atoms with van der Waals surface area (Å²) in [6.07, 6.45) is 9.06. The highest BCUT2D eigenvalue weighted by molar-refractivity contribution is 4.98. The molecule has 90 valence electrons. The first-order valence-corrected chi connectivity index (χ1v) is 6.84. The van der Waals surface area contributed by atoms with E-state index in [4.69, 9.17) is 5.26 Å². The average molecular weight is 220 g/mol. The van der Waals surface area contributed by atoms with Gasteiger partial charge in [0.25, 0.3) is 0 Å². The third kappa shape index (κ3) is 2.40. The molecule has 0 aromatic rings. The zero-order chi connectivity index (χ0) is 11.5. The summed E-state index contributed by atoms with van der Waals surface area (Å²) >= 11 is 0. The minimum absolute atomic E-state index is 0.294. The monoisotopic (exact) mass is 220 g/mol. The summed E-state index contributed by atoms with van der Waals surface area (Å²) in [4.78, 5) is 2.54. The molecule has 0 saturated heterocycles. The summed E-state index contributed by atoms with van der Waals surface area (Å²) in [5.41, 5.74) is 0. The van der Waals surface area contributed by atoms with Crippen LogP contribution in [-0.4, -0.2) is 24.0 Å². The normalized spacial score (nSPS) is 39.9. The van der Waals surface area contributed by atoms with E-state index in [1.54, 1.807) is 0 Å². The van der Waals surface area contributed by atoms with Crippen molar-refractivity contribution in [3.8, 4) is 6.07 Å². The molecule has 0 aliphatic heterocycles. The summed E-state index contributed by atoms with van der Waals surface area (Å²) in [5, 5.41) is 9.16. The van der Waals surface area contributed by atoms with Gasteiger partial charge in [-0.05, 0) is 38.6 Å². The van der Waals surface area contributed by atoms with E-state index < -0.39 is 0 Å². The summed E-state index contributed by atoms with van der Waals surface area (Å²) in [6.45, 7) is 2.37. The van der Waals surface area contributed by atoms with Crippen LogP contribution < -0.4 is 0 Å². The van der Waals surface area contributed by atoms with E-state index in [1.165, 1.54) is 38.5 Å². The Morgan fingerprint density at radius 1 is 1.12 bits per heavy atom. The molecule has 0 aromatic heterocycles. The SMILES string of the molecule is CC1CCCC(N(C)C2CCCC2C#N)C1. The van der Waals surface area contributed by atoms with Crippen LogP contribution in [0.5, 0.6) is 0 Å². The van der Waals surface area contributed by atoms with Crippen LogP contribution in [-0.2, 0) is 0 Å². The largest absolute Gasteiger partial charge is 0.299 e. The van der Waals surface area contributed by atoms with Gasteiger partial charge in [0.2, 0.25) is 0 Å². The van der Waals surface area contributed by atoms with Crippen LogP contribution in [0.2, 0.25) is 0 Å². The highest BCUT2D eigenvalue weighted by Crippen LogP contribution is 2.34. The molecule has 2 rings (SSSR count). The lowest BCUT2D eigenvalue weighted by atomic mass is 9.85. The van der Waals surface area contributed by atoms with E-state index in [9.17, 15) is 0 Å². The Morgan fingerprint density at radius 2 is 1.88 bits per heavy atom. The third-order valence-electron chi connectivity index (χ3n) is 4.65. The fourth-order valence-electron chi connectivity index (χ4n) is 3.62. The second kappa shape index (κ2) is 5.19. The first-order chi connectivity index (χ1) is 7.72. The van der Waals surface area contributed by atoms with Gasteiger partial charge in [-0.3, -0.25) is 4.90 Å². The van der Waals surface area contributed by atoms with Crippen molar-refractivity contribution in [2.24, 2.45) is 11.8 Å². The first-order valence-electron chi connectivity index (χ1n) is 6.84. The Balaban J connectivity index is 1.95. The molecule has 0 amide bonds. The second-order valence-electron chi connectivity index (χ2n) is 5.82. The van der Waals surface area contributed by atoms with E-state index in [0.717, 1.165) is 18.4 Å². The van der Waals surface area contributed by atoms with Gasteiger partial charge in [-0.1, -0.05) is 26.2 Å². The van der Waals surface area contributed by atoms with E-state index in [0.29, 0.717) is 12.0 Å². The lowest BCUT2D eigenvalue weighted by Crippen LogP contribution is -2.43. The van der Waals surface area contributed by atoms with Gasteiger partial charge in [0.1, 0.15) is 0 Å². The predicted molar refractivity (Wildman–Crippen MR) is 65.9 cm³/mol. The van der Waals surface area contributed by atoms with Gasteiger partial charge in [-0.15, -0.1) is 0 Å². The van der Waals surface area contributed by atoms with Crippen molar-refractivity contribution in [1.82, 2.24) is 4.90 Å². The molecule has 2 heteroatoms. The van der Waals surface area contributed by atoms with Crippen molar-refractivity contribution in [1.29, 1.82) is 5.26 Å². The maximum atomic E-state index is 9.16. The van der Waals surface area contributed by atoms with Crippen LogP contribution in [0.25, 0.3) is 0 Å². The lowest BCUT2D eigenvalue weighted by Gasteiger charge is -2.38. The second-order valence-corrected chi connectivity index (χ2v) is 5.82. The molecule has 2 nitrogen and oxygen atoms in total. The third-order valence-corrected chi connectivity index (χ3v) is 4.65. The number of hydrogen-bond acceptors (Lipinski definition) is 2. The minimum Gasteiger partial charge on any atom is -0.299 e. The zero-order valence-electron chi connectivity index (χ0n) is 10.7. The van der Waals surface area contributed by atoms with Gasteiger partial charge in [-0.25, -0.2) is 0 Å². The van der Waals surface area contributed by atoms with Gasteiger partial charge < -0.3 is 0 Å². The average Bonchev–Trinajstić information content (AvgIpc) is 2.76. The summed E-state index contributed by atoms with van der Waals surface area (Å²) < 4.78 is 0. The highest BCUT2D eigenvalue weighted by Gasteiger charge is 2.34. The molecule has 2 saturated carbocycles. The quantitative estimate of drug-likeness (QED) is 0.714. The summed E-state index contributed by atoms with van der Waals surface area (Å²) in [5.74, 6) is 1.17. The number of nitrogens with zero attached hydrogens (tertiary/aromatic N) is 2. The smallest absolute Gasteiger partial charge is 0.0672 e. The molecule has 2 fully saturated rings. The molecular formula is C14H24N2. The fraction of sp³-hybridized carbons (Fsp3) is 0.929. The molecular weight excluding hydrogens is 196 g/mol. The van der Waals surface area contributed by atoms with E-state index >= 15 is 0 Å². The van der Waals surface area contributed by atoms with Crippen LogP contribution in [0.15, 0.2) is 0 Å². The van der Waals surface area contributed by atoms with Gasteiger partial charge in [-0.2, -0.15) is 5.26 Å². The Morgan fingerprint density at radius 3 is 2.56 bits per heavy atom. The highest BCUT2D eigenvalue weighted by atomic mass is 15.2.